The van der Waals surface area contributed by atoms with E-state index < -0.39 is 0 Å². The summed E-state index contributed by atoms with van der Waals surface area (Å²) in [5.74, 6) is -0.0261. The van der Waals surface area contributed by atoms with Crippen LogP contribution in [-0.2, 0) is 6.42 Å². The molecular weight excluding hydrogens is 384 g/mol. The summed E-state index contributed by atoms with van der Waals surface area (Å²) in [5, 5.41) is 5.33. The van der Waals surface area contributed by atoms with E-state index in [2.05, 4.69) is 24.1 Å². The van der Waals surface area contributed by atoms with Crippen LogP contribution in [0.25, 0.3) is 0 Å². The van der Waals surface area contributed by atoms with E-state index in [4.69, 9.17) is 5.73 Å². The maximum absolute atomic E-state index is 13.7. The van der Waals surface area contributed by atoms with Gasteiger partial charge < -0.3 is 11.1 Å². The smallest absolute Gasteiger partial charge is 0.271 e. The molecule has 1 atom stereocenters. The minimum atomic E-state index is -0.256. The Balaban J connectivity index is 0.00000288. The van der Waals surface area contributed by atoms with Gasteiger partial charge in [0, 0.05) is 24.4 Å². The number of carbonyl (C=O) groups excluding carboxylic acids is 1. The zero-order valence-electron chi connectivity index (χ0n) is 14.2. The first kappa shape index (κ1) is 23.8. The average Bonchev–Trinajstić information content (AvgIpc) is 2.97. The number of thiazole rings is 1. The number of halogens is 3. The number of carbonyl (C=O) groups is 1. The fourth-order valence-electron chi connectivity index (χ4n) is 2.34. The lowest BCUT2D eigenvalue weighted by atomic mass is 10.0. The van der Waals surface area contributed by atoms with E-state index in [0.29, 0.717) is 35.1 Å². The highest BCUT2D eigenvalue weighted by molar-refractivity contribution is 7.09. The lowest BCUT2D eigenvalue weighted by molar-refractivity contribution is 0.0929. The van der Waals surface area contributed by atoms with Crippen LogP contribution >= 0.6 is 36.2 Å². The van der Waals surface area contributed by atoms with Crippen molar-refractivity contribution in [2.45, 2.75) is 32.7 Å². The Labute approximate surface area is 164 Å². The second-order valence-electron chi connectivity index (χ2n) is 5.93. The van der Waals surface area contributed by atoms with Crippen LogP contribution in [0, 0.1) is 11.7 Å². The second-order valence-corrected chi connectivity index (χ2v) is 6.87. The van der Waals surface area contributed by atoms with Crippen molar-refractivity contribution in [2.24, 2.45) is 11.7 Å². The van der Waals surface area contributed by atoms with Crippen LogP contribution in [0.1, 0.15) is 41.3 Å². The predicted molar refractivity (Wildman–Crippen MR) is 106 cm³/mol. The molecule has 0 aliphatic rings. The summed E-state index contributed by atoms with van der Waals surface area (Å²) >= 11 is 1.36. The van der Waals surface area contributed by atoms with Crippen molar-refractivity contribution in [1.29, 1.82) is 0 Å². The highest BCUT2D eigenvalue weighted by atomic mass is 35.5. The van der Waals surface area contributed by atoms with Crippen LogP contribution in [0.5, 0.6) is 0 Å². The Kier molecular flexibility index (Phi) is 10.9. The molecule has 0 saturated carbocycles. The molecule has 1 heterocycles. The Morgan fingerprint density at radius 1 is 1.32 bits per heavy atom. The first-order valence-corrected chi connectivity index (χ1v) is 8.56. The monoisotopic (exact) mass is 407 g/mol. The van der Waals surface area contributed by atoms with E-state index in [9.17, 15) is 9.18 Å². The van der Waals surface area contributed by atoms with Gasteiger partial charge in [-0.15, -0.1) is 36.2 Å². The van der Waals surface area contributed by atoms with Crippen molar-refractivity contribution in [1.82, 2.24) is 10.3 Å². The number of aromatic nitrogens is 1. The fraction of sp³-hybridized carbons (Fsp3) is 0.412. The van der Waals surface area contributed by atoms with Gasteiger partial charge in [-0.1, -0.05) is 32.0 Å². The normalized spacial score (nSPS) is 11.4. The molecule has 0 aliphatic heterocycles. The molecule has 140 valence electrons. The standard InChI is InChI=1S/C17H22FN3OS.2ClH/c1-11(2)7-13(9-19)20-17(22)15-10-23-16(21-15)8-12-5-3-4-6-14(12)18;;/h3-6,10-11,13H,7-9,19H2,1-2H3,(H,20,22);2*1H. The van der Waals surface area contributed by atoms with E-state index in [1.165, 1.54) is 17.4 Å². The van der Waals surface area contributed by atoms with E-state index >= 15 is 0 Å². The van der Waals surface area contributed by atoms with Gasteiger partial charge in [0.2, 0.25) is 0 Å². The average molecular weight is 408 g/mol. The van der Waals surface area contributed by atoms with Gasteiger partial charge in [-0.3, -0.25) is 4.79 Å². The molecule has 4 nitrogen and oxygen atoms in total. The molecule has 1 aromatic carbocycles. The third kappa shape index (κ3) is 7.28. The Morgan fingerprint density at radius 2 is 2.00 bits per heavy atom. The van der Waals surface area contributed by atoms with E-state index in [-0.39, 0.29) is 42.6 Å². The molecule has 1 unspecified atom stereocenters. The number of nitrogens with zero attached hydrogens (tertiary/aromatic N) is 1. The second kappa shape index (κ2) is 11.4. The molecule has 0 fully saturated rings. The Morgan fingerprint density at radius 3 is 2.60 bits per heavy atom. The molecule has 0 spiro atoms. The van der Waals surface area contributed by atoms with Crippen molar-refractivity contribution in [2.75, 3.05) is 6.54 Å². The summed E-state index contributed by atoms with van der Waals surface area (Å²) in [6, 6.07) is 6.54. The number of benzene rings is 1. The highest BCUT2D eigenvalue weighted by Gasteiger charge is 2.16. The maximum Gasteiger partial charge on any atom is 0.271 e. The lowest BCUT2D eigenvalue weighted by Gasteiger charge is -2.18. The Hall–Kier alpha value is -1.21. The van der Waals surface area contributed by atoms with Crippen LogP contribution in [0.2, 0.25) is 0 Å². The summed E-state index contributed by atoms with van der Waals surface area (Å²) in [6.45, 7) is 4.57. The molecule has 0 bridgehead atoms. The molecule has 8 heteroatoms. The van der Waals surface area contributed by atoms with Gasteiger partial charge in [0.25, 0.3) is 5.91 Å². The van der Waals surface area contributed by atoms with Crippen LogP contribution < -0.4 is 11.1 Å². The van der Waals surface area contributed by atoms with Crippen LogP contribution in [0.4, 0.5) is 4.39 Å². The van der Waals surface area contributed by atoms with Gasteiger partial charge in [0.15, 0.2) is 0 Å². The molecule has 3 N–H and O–H groups in total. The molecule has 0 radical (unpaired) electrons. The van der Waals surface area contributed by atoms with Crippen molar-refractivity contribution < 1.29 is 9.18 Å². The zero-order valence-corrected chi connectivity index (χ0v) is 16.6. The van der Waals surface area contributed by atoms with E-state index in [1.807, 2.05) is 0 Å². The molecule has 25 heavy (non-hydrogen) atoms. The van der Waals surface area contributed by atoms with Gasteiger partial charge in [-0.05, 0) is 24.0 Å². The molecule has 1 amide bonds. The first-order chi connectivity index (χ1) is 11.0. The summed E-state index contributed by atoms with van der Waals surface area (Å²) in [7, 11) is 0. The topological polar surface area (TPSA) is 68.0 Å². The third-order valence-corrected chi connectivity index (χ3v) is 4.31. The molecule has 2 rings (SSSR count). The predicted octanol–water partition coefficient (Wildman–Crippen LogP) is 3.82. The van der Waals surface area contributed by atoms with Gasteiger partial charge in [0.1, 0.15) is 11.5 Å². The molecule has 2 aromatic rings. The number of amides is 1. The van der Waals surface area contributed by atoms with Crippen LogP contribution in [0.15, 0.2) is 29.6 Å². The van der Waals surface area contributed by atoms with Crippen LogP contribution in [-0.4, -0.2) is 23.5 Å². The number of hydrogen-bond donors (Lipinski definition) is 2. The number of rotatable bonds is 7. The van der Waals surface area contributed by atoms with Gasteiger partial charge in [-0.25, -0.2) is 9.37 Å². The number of hydrogen-bond acceptors (Lipinski definition) is 4. The number of nitrogens with one attached hydrogen (secondary N) is 1. The zero-order chi connectivity index (χ0) is 16.8. The molecular formula is C17H24Cl2FN3OS. The first-order valence-electron chi connectivity index (χ1n) is 7.68. The molecule has 0 saturated heterocycles. The maximum atomic E-state index is 13.7. The quantitative estimate of drug-likeness (QED) is 0.732. The summed E-state index contributed by atoms with van der Waals surface area (Å²) in [5.41, 5.74) is 6.64. The lowest BCUT2D eigenvalue weighted by Crippen LogP contribution is -2.41. The van der Waals surface area contributed by atoms with Gasteiger partial charge >= 0.3 is 0 Å². The SMILES string of the molecule is CC(C)CC(CN)NC(=O)c1csc(Cc2ccccc2F)n1.Cl.Cl. The third-order valence-electron chi connectivity index (χ3n) is 3.46. The van der Waals surface area contributed by atoms with Gasteiger partial charge in [-0.2, -0.15) is 0 Å². The summed E-state index contributed by atoms with van der Waals surface area (Å²) in [6.07, 6.45) is 1.21. The Bertz CT molecular complexity index is 667. The van der Waals surface area contributed by atoms with Crippen molar-refractivity contribution >= 4 is 42.1 Å². The minimum absolute atomic E-state index is 0. The van der Waals surface area contributed by atoms with Gasteiger partial charge in [0.05, 0.1) is 5.01 Å². The van der Waals surface area contributed by atoms with E-state index in [0.717, 1.165) is 6.42 Å². The minimum Gasteiger partial charge on any atom is -0.347 e. The van der Waals surface area contributed by atoms with Crippen molar-refractivity contribution in [3.8, 4) is 0 Å². The van der Waals surface area contributed by atoms with E-state index in [1.54, 1.807) is 23.6 Å². The summed E-state index contributed by atoms with van der Waals surface area (Å²) in [4.78, 5) is 16.5. The largest absolute Gasteiger partial charge is 0.347 e. The number of nitrogens with two attached hydrogens (primary N) is 1. The summed E-state index contributed by atoms with van der Waals surface area (Å²) < 4.78 is 13.7. The van der Waals surface area contributed by atoms with Crippen molar-refractivity contribution in [3.63, 3.8) is 0 Å². The highest BCUT2D eigenvalue weighted by Crippen LogP contribution is 2.17. The van der Waals surface area contributed by atoms with Crippen molar-refractivity contribution in [3.05, 3.63) is 51.7 Å². The molecule has 1 aromatic heterocycles. The fourth-order valence-corrected chi connectivity index (χ4v) is 3.14. The van der Waals surface area contributed by atoms with Crippen LogP contribution in [0.3, 0.4) is 0 Å². The molecule has 0 aliphatic carbocycles.